The molecule has 0 aliphatic heterocycles. The molecule has 80 valence electrons. The highest BCUT2D eigenvalue weighted by Gasteiger charge is 2.51. The zero-order valence-electron chi connectivity index (χ0n) is 8.41. The highest BCUT2D eigenvalue weighted by atomic mass is 19.1. The first-order valence-electron chi connectivity index (χ1n) is 5.04. The number of halogens is 1. The molecule has 1 aromatic rings. The summed E-state index contributed by atoms with van der Waals surface area (Å²) in [6.07, 6.45) is 2.27. The lowest BCUT2D eigenvalue weighted by molar-refractivity contribution is -0.154. The SMILES string of the molecule is O=C(OCF)C1(Cc2ccccc2)CC1. The van der Waals surface area contributed by atoms with Gasteiger partial charge in [-0.1, -0.05) is 30.3 Å². The van der Waals surface area contributed by atoms with E-state index in [0.717, 1.165) is 18.4 Å². The highest BCUT2D eigenvalue weighted by molar-refractivity contribution is 5.80. The first kappa shape index (κ1) is 10.1. The minimum Gasteiger partial charge on any atom is -0.433 e. The average molecular weight is 208 g/mol. The molecule has 15 heavy (non-hydrogen) atoms. The standard InChI is InChI=1S/C12H13FO2/c13-9-15-11(14)12(6-7-12)8-10-4-2-1-3-5-10/h1-5H,6-9H2. The molecule has 0 radical (unpaired) electrons. The Morgan fingerprint density at radius 3 is 2.53 bits per heavy atom. The van der Waals surface area contributed by atoms with Gasteiger partial charge in [0, 0.05) is 0 Å². The van der Waals surface area contributed by atoms with Crippen LogP contribution in [0.2, 0.25) is 0 Å². The van der Waals surface area contributed by atoms with Gasteiger partial charge in [-0.05, 0) is 24.8 Å². The molecule has 0 heterocycles. The maximum absolute atomic E-state index is 11.9. The fourth-order valence-electron chi connectivity index (χ4n) is 1.79. The Morgan fingerprint density at radius 1 is 1.33 bits per heavy atom. The number of benzene rings is 1. The second-order valence-electron chi connectivity index (χ2n) is 3.98. The van der Waals surface area contributed by atoms with Crippen LogP contribution in [0, 0.1) is 5.41 Å². The molecule has 0 N–H and O–H groups in total. The van der Waals surface area contributed by atoms with Crippen molar-refractivity contribution in [1.82, 2.24) is 0 Å². The predicted octanol–water partition coefficient (Wildman–Crippen LogP) is 2.48. The van der Waals surface area contributed by atoms with Crippen molar-refractivity contribution >= 4 is 5.97 Å². The Balaban J connectivity index is 2.03. The van der Waals surface area contributed by atoms with Crippen molar-refractivity contribution in [3.63, 3.8) is 0 Å². The number of alkyl halides is 1. The fourth-order valence-corrected chi connectivity index (χ4v) is 1.79. The number of esters is 1. The highest BCUT2D eigenvalue weighted by Crippen LogP contribution is 2.49. The summed E-state index contributed by atoms with van der Waals surface area (Å²) >= 11 is 0. The smallest absolute Gasteiger partial charge is 0.314 e. The summed E-state index contributed by atoms with van der Waals surface area (Å²) in [5, 5.41) is 0. The first-order chi connectivity index (χ1) is 7.27. The van der Waals surface area contributed by atoms with Crippen LogP contribution in [0.25, 0.3) is 0 Å². The van der Waals surface area contributed by atoms with Gasteiger partial charge in [-0.3, -0.25) is 4.79 Å². The molecule has 1 aromatic carbocycles. The van der Waals surface area contributed by atoms with Crippen molar-refractivity contribution < 1.29 is 13.9 Å². The quantitative estimate of drug-likeness (QED) is 0.710. The van der Waals surface area contributed by atoms with E-state index in [0.29, 0.717) is 6.42 Å². The Morgan fingerprint density at radius 2 is 2.00 bits per heavy atom. The molecule has 1 aliphatic carbocycles. The lowest BCUT2D eigenvalue weighted by Crippen LogP contribution is -2.21. The summed E-state index contributed by atoms with van der Waals surface area (Å²) in [7, 11) is 0. The number of ether oxygens (including phenoxy) is 1. The largest absolute Gasteiger partial charge is 0.433 e. The van der Waals surface area contributed by atoms with E-state index in [-0.39, 0.29) is 0 Å². The molecule has 0 aromatic heterocycles. The minimum absolute atomic E-state index is 0.395. The molecule has 3 heteroatoms. The maximum atomic E-state index is 11.9. The second-order valence-corrected chi connectivity index (χ2v) is 3.98. The number of carbonyl (C=O) groups is 1. The lowest BCUT2D eigenvalue weighted by atomic mass is 9.97. The molecule has 0 unspecified atom stereocenters. The molecule has 2 rings (SSSR count). The van der Waals surface area contributed by atoms with Gasteiger partial charge in [0.25, 0.3) is 0 Å². The molecule has 1 saturated carbocycles. The van der Waals surface area contributed by atoms with Crippen LogP contribution >= 0.6 is 0 Å². The van der Waals surface area contributed by atoms with Gasteiger partial charge >= 0.3 is 5.97 Å². The van der Waals surface area contributed by atoms with Crippen molar-refractivity contribution in [2.75, 3.05) is 6.86 Å². The normalized spacial score (nSPS) is 17.1. The van der Waals surface area contributed by atoms with E-state index in [4.69, 9.17) is 0 Å². The van der Waals surface area contributed by atoms with Crippen LogP contribution in [0.15, 0.2) is 30.3 Å². The molecule has 0 bridgehead atoms. The van der Waals surface area contributed by atoms with Crippen molar-refractivity contribution in [2.24, 2.45) is 5.41 Å². The average Bonchev–Trinajstić information content (AvgIpc) is 3.01. The van der Waals surface area contributed by atoms with Gasteiger partial charge in [-0.2, -0.15) is 0 Å². The van der Waals surface area contributed by atoms with Crippen LogP contribution < -0.4 is 0 Å². The number of hydrogen-bond donors (Lipinski definition) is 0. The van der Waals surface area contributed by atoms with Gasteiger partial charge in [0.15, 0.2) is 0 Å². The van der Waals surface area contributed by atoms with Gasteiger partial charge in [-0.15, -0.1) is 0 Å². The Labute approximate surface area is 88.1 Å². The summed E-state index contributed by atoms with van der Waals surface area (Å²) < 4.78 is 16.3. The summed E-state index contributed by atoms with van der Waals surface area (Å²) in [6.45, 7) is -1.02. The summed E-state index contributed by atoms with van der Waals surface area (Å²) in [5.41, 5.74) is 0.666. The zero-order chi connectivity index (χ0) is 10.7. The third-order valence-corrected chi connectivity index (χ3v) is 2.86. The fraction of sp³-hybridized carbons (Fsp3) is 0.417. The zero-order valence-corrected chi connectivity index (χ0v) is 8.41. The van der Waals surface area contributed by atoms with E-state index in [1.54, 1.807) is 0 Å². The molecule has 0 spiro atoms. The molecule has 0 atom stereocenters. The van der Waals surface area contributed by atoms with E-state index < -0.39 is 18.2 Å². The third-order valence-electron chi connectivity index (χ3n) is 2.86. The van der Waals surface area contributed by atoms with E-state index in [1.807, 2.05) is 30.3 Å². The van der Waals surface area contributed by atoms with Crippen molar-refractivity contribution in [3.05, 3.63) is 35.9 Å². The van der Waals surface area contributed by atoms with Gasteiger partial charge in [-0.25, -0.2) is 4.39 Å². The van der Waals surface area contributed by atoms with Crippen molar-refractivity contribution in [3.8, 4) is 0 Å². The maximum Gasteiger partial charge on any atom is 0.314 e. The monoisotopic (exact) mass is 208 g/mol. The summed E-state index contributed by atoms with van der Waals surface area (Å²) in [6, 6.07) is 9.76. The number of hydrogen-bond acceptors (Lipinski definition) is 2. The van der Waals surface area contributed by atoms with E-state index >= 15 is 0 Å². The van der Waals surface area contributed by atoms with E-state index in [9.17, 15) is 9.18 Å². The van der Waals surface area contributed by atoms with E-state index in [1.165, 1.54) is 0 Å². The Hall–Kier alpha value is -1.38. The predicted molar refractivity (Wildman–Crippen MR) is 53.9 cm³/mol. The summed E-state index contributed by atoms with van der Waals surface area (Å²) in [4.78, 5) is 11.5. The summed E-state index contributed by atoms with van der Waals surface area (Å²) in [5.74, 6) is -0.395. The van der Waals surface area contributed by atoms with Crippen LogP contribution in [0.5, 0.6) is 0 Å². The Bertz CT molecular complexity index is 344. The molecular formula is C12H13FO2. The topological polar surface area (TPSA) is 26.3 Å². The molecular weight excluding hydrogens is 195 g/mol. The molecule has 1 fully saturated rings. The third kappa shape index (κ3) is 2.17. The van der Waals surface area contributed by atoms with Crippen LogP contribution in [-0.2, 0) is 16.0 Å². The number of carbonyl (C=O) groups excluding carboxylic acids is 1. The van der Waals surface area contributed by atoms with Gasteiger partial charge in [0.1, 0.15) is 0 Å². The van der Waals surface area contributed by atoms with Crippen LogP contribution in [0.1, 0.15) is 18.4 Å². The van der Waals surface area contributed by atoms with Gasteiger partial charge in [0.05, 0.1) is 5.41 Å². The van der Waals surface area contributed by atoms with Crippen LogP contribution in [0.3, 0.4) is 0 Å². The number of rotatable bonds is 4. The van der Waals surface area contributed by atoms with Crippen molar-refractivity contribution in [2.45, 2.75) is 19.3 Å². The lowest BCUT2D eigenvalue weighted by Gasteiger charge is -2.12. The van der Waals surface area contributed by atoms with Crippen LogP contribution in [0.4, 0.5) is 4.39 Å². The van der Waals surface area contributed by atoms with Gasteiger partial charge < -0.3 is 4.74 Å². The second kappa shape index (κ2) is 4.01. The molecule has 0 amide bonds. The molecule has 1 aliphatic rings. The Kier molecular flexibility index (Phi) is 2.71. The van der Waals surface area contributed by atoms with E-state index in [2.05, 4.69) is 4.74 Å². The molecule has 2 nitrogen and oxygen atoms in total. The van der Waals surface area contributed by atoms with Crippen molar-refractivity contribution in [1.29, 1.82) is 0 Å². The minimum atomic E-state index is -1.02. The molecule has 0 saturated heterocycles. The first-order valence-corrected chi connectivity index (χ1v) is 5.04. The van der Waals surface area contributed by atoms with Crippen LogP contribution in [-0.4, -0.2) is 12.8 Å². The van der Waals surface area contributed by atoms with Gasteiger partial charge in [0.2, 0.25) is 6.86 Å².